The lowest BCUT2D eigenvalue weighted by Gasteiger charge is -2.38. The van der Waals surface area contributed by atoms with Crippen LogP contribution in [-0.2, 0) is 12.8 Å². The highest BCUT2D eigenvalue weighted by Crippen LogP contribution is 2.39. The predicted molar refractivity (Wildman–Crippen MR) is 174 cm³/mol. The molecule has 0 saturated heterocycles. The molecule has 0 amide bonds. The maximum absolute atomic E-state index is 10.1. The van der Waals surface area contributed by atoms with Crippen LogP contribution in [0.4, 0.5) is 11.4 Å². The van der Waals surface area contributed by atoms with Crippen molar-refractivity contribution >= 4 is 23.1 Å². The number of ether oxygens (including phenoxy) is 2. The Morgan fingerprint density at radius 3 is 2.66 bits per heavy atom. The number of aromatic nitrogens is 3. The largest absolute Gasteiger partial charge is 0.496 e. The lowest BCUT2D eigenvalue weighted by molar-refractivity contribution is 0.304. The standard InChI is InChI=1S/C36H40N6O2/c1-5-6-7-8-9-10-19-44-27-15-16-32(43-4)29(22-27)35-39-36-30(23-37)33(38-3)31(42(36)40-35)21-26-20-25-13-11-17-41-18-12-14-28(24(26)2)34(25)41/h15-16,20-22H,5-14,17-19H2,1-2,4H3. The van der Waals surface area contributed by atoms with Gasteiger partial charge >= 0.3 is 0 Å². The van der Waals surface area contributed by atoms with E-state index in [2.05, 4.69) is 35.7 Å². The minimum Gasteiger partial charge on any atom is -0.496 e. The molecule has 6 rings (SSSR count). The van der Waals surface area contributed by atoms with Crippen molar-refractivity contribution in [3.8, 4) is 29.0 Å². The summed E-state index contributed by atoms with van der Waals surface area (Å²) in [5.41, 5.74) is 8.09. The van der Waals surface area contributed by atoms with Gasteiger partial charge in [-0.15, -0.1) is 5.10 Å². The number of unbranched alkanes of at least 4 members (excludes halogenated alkanes) is 5. The molecule has 2 aliphatic rings. The van der Waals surface area contributed by atoms with Crippen molar-refractivity contribution in [2.24, 2.45) is 0 Å². The molecule has 44 heavy (non-hydrogen) atoms. The Hall–Kier alpha value is -4.56. The van der Waals surface area contributed by atoms with Crippen LogP contribution in [0.15, 0.2) is 24.3 Å². The van der Waals surface area contributed by atoms with Crippen molar-refractivity contribution < 1.29 is 9.47 Å². The summed E-state index contributed by atoms with van der Waals surface area (Å²) in [7, 11) is 1.62. The van der Waals surface area contributed by atoms with Gasteiger partial charge in [0, 0.05) is 18.8 Å². The van der Waals surface area contributed by atoms with Gasteiger partial charge in [-0.2, -0.15) is 5.26 Å². The molecule has 0 N–H and O–H groups in total. The van der Waals surface area contributed by atoms with E-state index >= 15 is 0 Å². The highest BCUT2D eigenvalue weighted by atomic mass is 16.5. The molecule has 0 radical (unpaired) electrons. The van der Waals surface area contributed by atoms with Crippen LogP contribution in [0.25, 0.3) is 28.0 Å². The summed E-state index contributed by atoms with van der Waals surface area (Å²) in [5, 5.41) is 15.6. The second-order valence-corrected chi connectivity index (χ2v) is 11.9. The first-order valence-electron chi connectivity index (χ1n) is 16.0. The Morgan fingerprint density at radius 2 is 1.89 bits per heavy atom. The van der Waals surface area contributed by atoms with Gasteiger partial charge in [0.2, 0.25) is 5.69 Å². The van der Waals surface area contributed by atoms with E-state index in [1.807, 2.05) is 24.3 Å². The van der Waals surface area contributed by atoms with Gasteiger partial charge in [-0.3, -0.25) is 0 Å². The molecule has 8 nitrogen and oxygen atoms in total. The fourth-order valence-corrected chi connectivity index (χ4v) is 6.80. The first kappa shape index (κ1) is 29.5. The topological polar surface area (TPSA) is 80.0 Å². The molecular formula is C36H40N6O2. The fourth-order valence-electron chi connectivity index (χ4n) is 6.80. The highest BCUT2D eigenvalue weighted by molar-refractivity contribution is 5.79. The molecule has 2 aromatic carbocycles. The predicted octanol–water partition coefficient (Wildman–Crippen LogP) is 7.12. The Bertz CT molecular complexity index is 1820. The molecule has 8 heteroatoms. The van der Waals surface area contributed by atoms with Gasteiger partial charge in [0.25, 0.3) is 0 Å². The summed E-state index contributed by atoms with van der Waals surface area (Å²) < 4.78 is 13.4. The molecular weight excluding hydrogens is 548 g/mol. The van der Waals surface area contributed by atoms with Crippen LogP contribution in [-0.4, -0.2) is 41.4 Å². The molecule has 4 aromatic rings. The number of nitriles is 1. The van der Waals surface area contributed by atoms with Crippen LogP contribution >= 0.6 is 0 Å². The number of nitrogens with zero attached hydrogens (tertiary/aromatic N) is 6. The van der Waals surface area contributed by atoms with Gasteiger partial charge in [0.05, 0.1) is 37.3 Å². The van der Waals surface area contributed by atoms with Crippen LogP contribution < -0.4 is 19.7 Å². The highest BCUT2D eigenvalue weighted by Gasteiger charge is 2.27. The van der Waals surface area contributed by atoms with E-state index < -0.39 is 0 Å². The maximum atomic E-state index is 10.1. The van der Waals surface area contributed by atoms with E-state index in [-0.39, 0.29) is 11.3 Å². The summed E-state index contributed by atoms with van der Waals surface area (Å²) in [5.74, 6) is 1.77. The summed E-state index contributed by atoms with van der Waals surface area (Å²) in [6, 6.07) is 10.2. The summed E-state index contributed by atoms with van der Waals surface area (Å²) in [6.07, 6.45) is 13.6. The molecule has 0 bridgehead atoms. The van der Waals surface area contributed by atoms with Gasteiger partial charge in [-0.1, -0.05) is 39.0 Å². The van der Waals surface area contributed by atoms with Crippen molar-refractivity contribution in [3.63, 3.8) is 0 Å². The second kappa shape index (κ2) is 13.0. The summed E-state index contributed by atoms with van der Waals surface area (Å²) in [6.45, 7) is 15.3. The molecule has 0 unspecified atom stereocenters. The first-order chi connectivity index (χ1) is 21.6. The van der Waals surface area contributed by atoms with Crippen LogP contribution in [0, 0.1) is 24.8 Å². The molecule has 4 heterocycles. The summed E-state index contributed by atoms with van der Waals surface area (Å²) in [4.78, 5) is 11.1. The monoisotopic (exact) mass is 588 g/mol. The van der Waals surface area contributed by atoms with Crippen molar-refractivity contribution in [1.82, 2.24) is 14.6 Å². The van der Waals surface area contributed by atoms with Gasteiger partial charge in [-0.25, -0.2) is 14.3 Å². The molecule has 2 aliphatic heterocycles. The number of hydrogen-bond donors (Lipinski definition) is 0. The van der Waals surface area contributed by atoms with Crippen LogP contribution in [0.1, 0.15) is 86.1 Å². The average Bonchev–Trinajstić information content (AvgIpc) is 3.60. The molecule has 0 atom stereocenters. The minimum absolute atomic E-state index is 0.238. The second-order valence-electron chi connectivity index (χ2n) is 11.9. The number of methoxy groups -OCH3 is 1. The van der Waals surface area contributed by atoms with Gasteiger partial charge in [-0.05, 0) is 91.6 Å². The first-order valence-corrected chi connectivity index (χ1v) is 16.0. The van der Waals surface area contributed by atoms with E-state index in [9.17, 15) is 5.26 Å². The average molecular weight is 589 g/mol. The Labute approximate surface area is 259 Å². The third-order valence-corrected chi connectivity index (χ3v) is 9.08. The zero-order valence-electron chi connectivity index (χ0n) is 26.1. The molecule has 2 aromatic heterocycles. The van der Waals surface area contributed by atoms with E-state index in [0.29, 0.717) is 34.7 Å². The van der Waals surface area contributed by atoms with Crippen LogP contribution in [0.2, 0.25) is 0 Å². The van der Waals surface area contributed by atoms with Crippen molar-refractivity contribution in [1.29, 1.82) is 5.26 Å². The van der Waals surface area contributed by atoms with Crippen molar-refractivity contribution in [3.05, 3.63) is 68.8 Å². The third kappa shape index (κ3) is 5.46. The van der Waals surface area contributed by atoms with Crippen LogP contribution in [0.5, 0.6) is 11.5 Å². The van der Waals surface area contributed by atoms with Gasteiger partial charge < -0.3 is 14.4 Å². The van der Waals surface area contributed by atoms with Crippen molar-refractivity contribution in [2.75, 3.05) is 31.7 Å². The van der Waals surface area contributed by atoms with E-state index in [4.69, 9.17) is 26.1 Å². The third-order valence-electron chi connectivity index (χ3n) is 9.08. The minimum atomic E-state index is 0.238. The zero-order chi connectivity index (χ0) is 30.6. The number of hydrogen-bond acceptors (Lipinski definition) is 6. The van der Waals surface area contributed by atoms with Crippen molar-refractivity contribution in [2.45, 2.75) is 78.1 Å². The molecule has 0 aliphatic carbocycles. The zero-order valence-corrected chi connectivity index (χ0v) is 26.1. The molecule has 0 fully saturated rings. The molecule has 0 saturated carbocycles. The van der Waals surface area contributed by atoms with Gasteiger partial charge in [0.15, 0.2) is 11.5 Å². The molecule has 0 spiro atoms. The number of aryl methyl sites for hydroxylation is 1. The maximum Gasteiger partial charge on any atom is 0.233 e. The number of fused-ring (bicyclic) bond motifs is 1. The number of benzene rings is 2. The SMILES string of the molecule is [C-]#[N+]c1c(C#N)c2nc(-c3cc(OCCCCCCCC)ccc3OC)nn2c1=Cc1cc2c3c(c1C)CCCN3CCC2. The lowest BCUT2D eigenvalue weighted by Crippen LogP contribution is -2.35. The smallest absolute Gasteiger partial charge is 0.233 e. The summed E-state index contributed by atoms with van der Waals surface area (Å²) >= 11 is 0. The van der Waals surface area contributed by atoms with Crippen LogP contribution in [0.3, 0.4) is 0 Å². The number of anilines is 1. The Kier molecular flexibility index (Phi) is 8.70. The molecule has 226 valence electrons. The van der Waals surface area contributed by atoms with Gasteiger partial charge in [0.1, 0.15) is 17.1 Å². The quantitative estimate of drug-likeness (QED) is 0.137. The van der Waals surface area contributed by atoms with E-state index in [0.717, 1.165) is 62.9 Å². The fraction of sp³-hybridized carbons (Fsp3) is 0.444. The Morgan fingerprint density at radius 1 is 1.09 bits per heavy atom. The Balaban J connectivity index is 1.39. The number of rotatable bonds is 11. The van der Waals surface area contributed by atoms with E-state index in [1.54, 1.807) is 11.6 Å². The normalized spacial score (nSPS) is 14.4. The lowest BCUT2D eigenvalue weighted by atomic mass is 9.86. The van der Waals surface area contributed by atoms with E-state index in [1.165, 1.54) is 48.1 Å².